The lowest BCUT2D eigenvalue weighted by Gasteiger charge is -2.21. The number of ether oxygens (including phenoxy) is 2. The molecule has 0 fully saturated rings. The molecule has 274 valence electrons. The van der Waals surface area contributed by atoms with Crippen LogP contribution in [-0.2, 0) is 0 Å². The fourth-order valence-corrected chi connectivity index (χ4v) is 8.81. The molecule has 0 amide bonds. The maximum Gasteiger partial charge on any atom is 0.119 e. The summed E-state index contributed by atoms with van der Waals surface area (Å²) in [6, 6.07) is 45.1. The molecule has 0 heterocycles. The smallest absolute Gasteiger partial charge is 0.119 e. The van der Waals surface area contributed by atoms with E-state index in [1.807, 2.05) is 0 Å². The van der Waals surface area contributed by atoms with Crippen molar-refractivity contribution < 1.29 is 9.47 Å². The van der Waals surface area contributed by atoms with Gasteiger partial charge in [-0.15, -0.1) is 0 Å². The molecule has 0 saturated heterocycles. The van der Waals surface area contributed by atoms with Crippen molar-refractivity contribution in [3.05, 3.63) is 121 Å². The number of rotatable bonds is 16. The van der Waals surface area contributed by atoms with Gasteiger partial charge in [-0.3, -0.25) is 0 Å². The molecule has 8 aromatic rings. The van der Waals surface area contributed by atoms with E-state index in [2.05, 4.69) is 149 Å². The Morgan fingerprint density at radius 1 is 0.389 bits per heavy atom. The highest BCUT2D eigenvalue weighted by Gasteiger charge is 2.21. The van der Waals surface area contributed by atoms with Gasteiger partial charge in [0.2, 0.25) is 0 Å². The fraction of sp³-hybridized carbons (Fsp3) is 0.308. The van der Waals surface area contributed by atoms with E-state index in [0.29, 0.717) is 11.8 Å². The maximum atomic E-state index is 6.35. The second-order valence-corrected chi connectivity index (χ2v) is 15.4. The molecule has 54 heavy (non-hydrogen) atoms. The number of fused-ring (bicyclic) bond motifs is 4. The van der Waals surface area contributed by atoms with E-state index < -0.39 is 0 Å². The summed E-state index contributed by atoms with van der Waals surface area (Å²) in [7, 11) is 0. The van der Waals surface area contributed by atoms with Crippen LogP contribution < -0.4 is 9.47 Å². The second-order valence-electron chi connectivity index (χ2n) is 15.4. The topological polar surface area (TPSA) is 18.5 Å². The Hall–Kier alpha value is -5.08. The fourth-order valence-electron chi connectivity index (χ4n) is 8.81. The summed E-state index contributed by atoms with van der Waals surface area (Å²) in [5, 5.41) is 13.0. The van der Waals surface area contributed by atoms with Crippen molar-refractivity contribution in [1.29, 1.82) is 0 Å². The van der Waals surface area contributed by atoms with Crippen LogP contribution in [0.3, 0.4) is 0 Å². The van der Waals surface area contributed by atoms with Gasteiger partial charge in [0.1, 0.15) is 11.5 Å². The third kappa shape index (κ3) is 6.77. The second kappa shape index (κ2) is 16.1. The molecule has 2 heteroatoms. The Kier molecular flexibility index (Phi) is 10.7. The Labute approximate surface area is 321 Å². The molecule has 0 aliphatic heterocycles. The van der Waals surface area contributed by atoms with Crippen molar-refractivity contribution in [1.82, 2.24) is 0 Å². The van der Waals surface area contributed by atoms with E-state index in [-0.39, 0.29) is 0 Å². The van der Waals surface area contributed by atoms with Crippen LogP contribution in [0.4, 0.5) is 0 Å². The third-order valence-corrected chi connectivity index (χ3v) is 12.0. The quantitative estimate of drug-likeness (QED) is 0.0734. The van der Waals surface area contributed by atoms with Gasteiger partial charge in [-0.05, 0) is 125 Å². The van der Waals surface area contributed by atoms with Crippen LogP contribution in [-0.4, -0.2) is 13.2 Å². The largest absolute Gasteiger partial charge is 0.493 e. The number of benzene rings is 8. The molecule has 0 aromatic heterocycles. The first-order valence-electron chi connectivity index (χ1n) is 20.6. The van der Waals surface area contributed by atoms with Gasteiger partial charge in [0.25, 0.3) is 0 Å². The molecule has 0 N–H and O–H groups in total. The summed E-state index contributed by atoms with van der Waals surface area (Å²) in [6.07, 6.45) is 9.77. The predicted octanol–water partition coefficient (Wildman–Crippen LogP) is 15.4. The normalized spacial score (nSPS) is 13.0. The molecular weight excluding hydrogens is 657 g/mol. The van der Waals surface area contributed by atoms with E-state index in [0.717, 1.165) is 37.6 Å². The Bertz CT molecular complexity index is 2310. The lowest BCUT2D eigenvalue weighted by Crippen LogP contribution is -2.11. The molecule has 2 nitrogen and oxygen atoms in total. The van der Waals surface area contributed by atoms with Crippen molar-refractivity contribution in [3.8, 4) is 33.8 Å². The molecule has 0 saturated carbocycles. The van der Waals surface area contributed by atoms with E-state index in [1.54, 1.807) is 0 Å². The first-order valence-corrected chi connectivity index (χ1v) is 20.6. The molecule has 8 aromatic carbocycles. The monoisotopic (exact) mass is 710 g/mol. The molecule has 0 bridgehead atoms. The van der Waals surface area contributed by atoms with E-state index in [4.69, 9.17) is 9.47 Å². The van der Waals surface area contributed by atoms with Crippen molar-refractivity contribution in [2.75, 3.05) is 13.2 Å². The summed E-state index contributed by atoms with van der Waals surface area (Å²) >= 11 is 0. The van der Waals surface area contributed by atoms with Gasteiger partial charge >= 0.3 is 0 Å². The van der Waals surface area contributed by atoms with Crippen molar-refractivity contribution in [2.45, 2.75) is 79.1 Å². The SMILES string of the molecule is CCCCC(CC)COc1ccc(-c2c3ccccc3c3ccc4c(-c5ccc(OCC(CC)CCCC)cc5)c5ccccc5c5ccc2c3c45)cc1. The lowest BCUT2D eigenvalue weighted by molar-refractivity contribution is 0.233. The Morgan fingerprint density at radius 2 is 0.759 bits per heavy atom. The molecular formula is C52H54O2. The molecule has 0 aliphatic carbocycles. The van der Waals surface area contributed by atoms with Crippen LogP contribution in [0.5, 0.6) is 11.5 Å². The third-order valence-electron chi connectivity index (χ3n) is 12.0. The average Bonchev–Trinajstić information content (AvgIpc) is 3.23. The first kappa shape index (κ1) is 35.9. The minimum absolute atomic E-state index is 0.604. The first-order chi connectivity index (χ1) is 26.6. The molecule has 0 spiro atoms. The van der Waals surface area contributed by atoms with Crippen LogP contribution in [0.1, 0.15) is 79.1 Å². The minimum atomic E-state index is 0.604. The molecule has 2 atom stereocenters. The van der Waals surface area contributed by atoms with E-state index in [1.165, 1.54) is 115 Å². The summed E-state index contributed by atoms with van der Waals surface area (Å²) in [5.41, 5.74) is 5.01. The molecule has 2 unspecified atom stereocenters. The summed E-state index contributed by atoms with van der Waals surface area (Å²) in [4.78, 5) is 0. The van der Waals surface area contributed by atoms with Gasteiger partial charge in [0.15, 0.2) is 0 Å². The van der Waals surface area contributed by atoms with Gasteiger partial charge < -0.3 is 9.47 Å². The highest BCUT2D eigenvalue weighted by molar-refractivity contribution is 6.38. The zero-order valence-corrected chi connectivity index (χ0v) is 32.6. The Morgan fingerprint density at radius 3 is 1.13 bits per heavy atom. The van der Waals surface area contributed by atoms with Crippen LogP contribution in [0.25, 0.3) is 76.1 Å². The van der Waals surface area contributed by atoms with Gasteiger partial charge in [0, 0.05) is 0 Å². The van der Waals surface area contributed by atoms with Gasteiger partial charge in [-0.25, -0.2) is 0 Å². The zero-order valence-electron chi connectivity index (χ0n) is 32.6. The number of hydrogen-bond acceptors (Lipinski definition) is 2. The van der Waals surface area contributed by atoms with E-state index in [9.17, 15) is 0 Å². The molecule has 0 aliphatic rings. The lowest BCUT2D eigenvalue weighted by atomic mass is 9.82. The van der Waals surface area contributed by atoms with Gasteiger partial charge in [0.05, 0.1) is 13.2 Å². The zero-order chi connectivity index (χ0) is 37.0. The average molecular weight is 711 g/mol. The van der Waals surface area contributed by atoms with Crippen LogP contribution in [0.15, 0.2) is 121 Å². The standard InChI is InChI=1S/C52H54O2/c1-5-9-15-35(7-3)33-53-39-25-21-37(22-26-39)49-43-19-13-11-17-41(43)45-30-32-48-50(38-23-27-40(28-24-38)54-34-36(8-4)16-10-6-2)44-20-14-12-18-42(44)46-29-31-47(49)51(45)52(46)48/h11-14,17-32,35-36H,5-10,15-16,33-34H2,1-4H3. The molecule has 0 radical (unpaired) electrons. The minimum Gasteiger partial charge on any atom is -0.493 e. The van der Waals surface area contributed by atoms with Gasteiger partial charge in [-0.2, -0.15) is 0 Å². The molecule has 8 rings (SSSR count). The summed E-state index contributed by atoms with van der Waals surface area (Å²) in [6.45, 7) is 10.6. The van der Waals surface area contributed by atoms with E-state index >= 15 is 0 Å². The highest BCUT2D eigenvalue weighted by atomic mass is 16.5. The van der Waals surface area contributed by atoms with Crippen molar-refractivity contribution in [3.63, 3.8) is 0 Å². The van der Waals surface area contributed by atoms with Crippen LogP contribution in [0, 0.1) is 11.8 Å². The predicted molar refractivity (Wildman–Crippen MR) is 234 cm³/mol. The number of hydrogen-bond donors (Lipinski definition) is 0. The van der Waals surface area contributed by atoms with Crippen LogP contribution >= 0.6 is 0 Å². The van der Waals surface area contributed by atoms with Crippen molar-refractivity contribution in [2.24, 2.45) is 11.8 Å². The highest BCUT2D eigenvalue weighted by Crippen LogP contribution is 2.49. The summed E-state index contributed by atoms with van der Waals surface area (Å²) in [5.74, 6) is 3.11. The van der Waals surface area contributed by atoms with Gasteiger partial charge in [-0.1, -0.05) is 163 Å². The van der Waals surface area contributed by atoms with Crippen molar-refractivity contribution >= 4 is 53.9 Å². The Balaban J connectivity index is 1.25. The summed E-state index contributed by atoms with van der Waals surface area (Å²) < 4.78 is 12.7. The van der Waals surface area contributed by atoms with Crippen LogP contribution in [0.2, 0.25) is 0 Å². The number of unbranched alkanes of at least 4 members (excludes halogenated alkanes) is 2. The maximum absolute atomic E-state index is 6.35.